The molecule has 0 aliphatic carbocycles. The molecule has 3 aromatic carbocycles. The van der Waals surface area contributed by atoms with Crippen LogP contribution in [0.2, 0.25) is 0 Å². The van der Waals surface area contributed by atoms with Crippen LogP contribution in [0, 0.1) is 0 Å². The van der Waals surface area contributed by atoms with Crippen molar-refractivity contribution in [1.29, 1.82) is 0 Å². The van der Waals surface area contributed by atoms with Gasteiger partial charge in [-0.2, -0.15) is 0 Å². The Morgan fingerprint density at radius 2 is 1.44 bits per heavy atom. The van der Waals surface area contributed by atoms with Crippen LogP contribution in [0.15, 0.2) is 77.7 Å². The van der Waals surface area contributed by atoms with Crippen LogP contribution < -0.4 is 5.11 Å². The predicted octanol–water partition coefficient (Wildman–Crippen LogP) is 1.21. The van der Waals surface area contributed by atoms with Crippen molar-refractivity contribution in [2.24, 2.45) is 0 Å². The fourth-order valence-corrected chi connectivity index (χ4v) is 2.60. The molecule has 0 saturated carbocycles. The van der Waals surface area contributed by atoms with Gasteiger partial charge in [-0.1, -0.05) is 60.7 Å². The molecule has 25 heavy (non-hydrogen) atoms. The summed E-state index contributed by atoms with van der Waals surface area (Å²) in [6.45, 7) is 0. The molecule has 130 valence electrons. The Bertz CT molecular complexity index is 967. The monoisotopic (exact) mass is 358 g/mol. The first-order valence-corrected chi connectivity index (χ1v) is 8.58. The average molecular weight is 358 g/mol. The molecule has 0 fully saturated rings. The molecule has 1 atom stereocenters. The largest absolute Gasteiger partial charge is 0.744 e. The Kier molecular flexibility index (Phi) is 5.87. The second-order valence-corrected chi connectivity index (χ2v) is 6.47. The van der Waals surface area contributed by atoms with E-state index in [-0.39, 0.29) is 4.90 Å². The summed E-state index contributed by atoms with van der Waals surface area (Å²) in [5.74, 6) is -1.48. The van der Waals surface area contributed by atoms with E-state index in [9.17, 15) is 22.9 Å². The molecule has 3 aromatic rings. The number of hydrogen-bond acceptors (Lipinski definition) is 6. The lowest BCUT2D eigenvalue weighted by Gasteiger charge is -2.10. The van der Waals surface area contributed by atoms with E-state index in [1.54, 1.807) is 36.4 Å². The minimum Gasteiger partial charge on any atom is -0.744 e. The van der Waals surface area contributed by atoms with Gasteiger partial charge in [-0.3, -0.25) is 0 Å². The lowest BCUT2D eigenvalue weighted by atomic mass is 10.1. The van der Waals surface area contributed by atoms with Gasteiger partial charge in [0.2, 0.25) is 0 Å². The molecule has 0 saturated heterocycles. The summed E-state index contributed by atoms with van der Waals surface area (Å²) in [7, 11) is -4.34. The van der Waals surface area contributed by atoms with Crippen molar-refractivity contribution in [3.63, 3.8) is 0 Å². The smallest absolute Gasteiger partial charge is 0.124 e. The summed E-state index contributed by atoms with van der Waals surface area (Å²) in [4.78, 5) is 9.95. The van der Waals surface area contributed by atoms with Crippen molar-refractivity contribution < 1.29 is 28.0 Å². The zero-order valence-corrected chi connectivity index (χ0v) is 13.7. The third-order valence-electron chi connectivity index (χ3n) is 3.35. The molecule has 1 unspecified atom stereocenters. The molecule has 7 heteroatoms. The second kappa shape index (κ2) is 7.89. The van der Waals surface area contributed by atoms with Crippen molar-refractivity contribution in [3.8, 4) is 0 Å². The van der Waals surface area contributed by atoms with Crippen molar-refractivity contribution in [1.82, 2.24) is 0 Å². The van der Waals surface area contributed by atoms with Crippen molar-refractivity contribution in [2.45, 2.75) is 11.0 Å². The molecule has 0 bridgehead atoms. The number of carbonyl (C=O) groups is 1. The van der Waals surface area contributed by atoms with Crippen LogP contribution in [0.5, 0.6) is 0 Å². The molecule has 0 aromatic heterocycles. The highest BCUT2D eigenvalue weighted by Crippen LogP contribution is 2.18. The number of hydrogen-bond donors (Lipinski definition) is 1. The molecule has 0 aliphatic heterocycles. The number of aliphatic hydroxyl groups excluding tert-OH is 1. The van der Waals surface area contributed by atoms with E-state index in [0.717, 1.165) is 10.8 Å². The summed E-state index contributed by atoms with van der Waals surface area (Å²) < 4.78 is 32.2. The number of fused-ring (bicyclic) bond motifs is 1. The van der Waals surface area contributed by atoms with Crippen LogP contribution in [-0.4, -0.2) is 24.0 Å². The van der Waals surface area contributed by atoms with Crippen LogP contribution in [0.1, 0.15) is 11.7 Å². The molecule has 1 N–H and O–H groups in total. The van der Waals surface area contributed by atoms with Gasteiger partial charge in [-0.25, -0.2) is 8.42 Å². The van der Waals surface area contributed by atoms with Gasteiger partial charge in [-0.05, 0) is 28.5 Å². The fourth-order valence-electron chi connectivity index (χ4n) is 2.09. The predicted molar refractivity (Wildman–Crippen MR) is 88.3 cm³/mol. The topological polar surface area (TPSA) is 118 Å². The Balaban J connectivity index is 0.000000186. The van der Waals surface area contributed by atoms with E-state index in [4.69, 9.17) is 5.11 Å². The summed E-state index contributed by atoms with van der Waals surface area (Å²) in [6, 6.07) is 19.7. The maximum Gasteiger partial charge on any atom is 0.124 e. The van der Waals surface area contributed by atoms with Gasteiger partial charge in [0.15, 0.2) is 0 Å². The molecule has 3 rings (SSSR count). The van der Waals surface area contributed by atoms with E-state index >= 15 is 0 Å². The van der Waals surface area contributed by atoms with E-state index in [1.807, 2.05) is 12.1 Å². The second-order valence-electron chi connectivity index (χ2n) is 5.10. The molecular formula is C18H14O6S-2. The number of carbonyl (C=O) groups excluding carboxylic acids is 1. The Morgan fingerprint density at radius 1 is 0.880 bits per heavy atom. The van der Waals surface area contributed by atoms with Gasteiger partial charge in [-0.15, -0.1) is 0 Å². The van der Waals surface area contributed by atoms with Crippen molar-refractivity contribution in [3.05, 3.63) is 78.4 Å². The number of aliphatic hydroxyl groups is 1. The number of benzene rings is 3. The fraction of sp³-hybridized carbons (Fsp3) is 0.0556. The van der Waals surface area contributed by atoms with Crippen molar-refractivity contribution >= 4 is 26.9 Å². The summed E-state index contributed by atoms with van der Waals surface area (Å²) >= 11 is 0. The Morgan fingerprint density at radius 3 is 2.00 bits per heavy atom. The van der Waals surface area contributed by atoms with Gasteiger partial charge in [0.1, 0.15) is 16.2 Å². The van der Waals surface area contributed by atoms with Crippen LogP contribution in [0.3, 0.4) is 0 Å². The van der Waals surface area contributed by atoms with Gasteiger partial charge in [0.05, 0.1) is 10.9 Å². The molecule has 6 nitrogen and oxygen atoms in total. The third kappa shape index (κ3) is 5.12. The van der Waals surface area contributed by atoms with Gasteiger partial charge in [0.25, 0.3) is 0 Å². The molecule has 0 aliphatic rings. The lowest BCUT2D eigenvalue weighted by molar-refractivity contribution is -0.315. The average Bonchev–Trinajstić information content (AvgIpc) is 2.61. The number of aliphatic carboxylic acids is 1. The van der Waals surface area contributed by atoms with Crippen LogP contribution in [0.4, 0.5) is 0 Å². The van der Waals surface area contributed by atoms with E-state index in [1.165, 1.54) is 24.3 Å². The summed E-state index contributed by atoms with van der Waals surface area (Å²) in [6.07, 6.45) is -1.52. The van der Waals surface area contributed by atoms with Gasteiger partial charge in [0, 0.05) is 0 Å². The number of rotatable bonds is 3. The number of carboxylic acids is 1. The van der Waals surface area contributed by atoms with Gasteiger partial charge < -0.3 is 19.6 Å². The van der Waals surface area contributed by atoms with E-state index in [2.05, 4.69) is 0 Å². The third-order valence-corrected chi connectivity index (χ3v) is 4.18. The van der Waals surface area contributed by atoms with Crippen LogP contribution in [-0.2, 0) is 14.9 Å². The highest BCUT2D eigenvalue weighted by atomic mass is 32.2. The zero-order valence-electron chi connectivity index (χ0n) is 12.9. The Labute approximate surface area is 144 Å². The lowest BCUT2D eigenvalue weighted by Crippen LogP contribution is -2.29. The normalized spacial score (nSPS) is 12.1. The van der Waals surface area contributed by atoms with Crippen molar-refractivity contribution in [2.75, 3.05) is 0 Å². The van der Waals surface area contributed by atoms with Gasteiger partial charge >= 0.3 is 0 Å². The first-order chi connectivity index (χ1) is 11.8. The zero-order chi connectivity index (χ0) is 18.4. The maximum absolute atomic E-state index is 10.7. The first kappa shape index (κ1) is 18.6. The molecule has 0 radical (unpaired) electrons. The molecule has 0 heterocycles. The highest BCUT2D eigenvalue weighted by molar-refractivity contribution is 7.85. The van der Waals surface area contributed by atoms with Crippen LogP contribution in [0.25, 0.3) is 10.8 Å². The standard InChI is InChI=1S/C10H8O3S.C8H8O3/c11-14(12,13)10-6-5-8-3-1-2-4-9(8)7-10;9-7(8(10)11)6-4-2-1-3-5-6/h1-7H,(H,11,12,13);1-5,7,9H,(H,10,11)/p-2. The molecular weight excluding hydrogens is 344 g/mol. The Hall–Kier alpha value is -2.74. The van der Waals surface area contributed by atoms with E-state index in [0.29, 0.717) is 5.56 Å². The first-order valence-electron chi connectivity index (χ1n) is 7.17. The highest BCUT2D eigenvalue weighted by Gasteiger charge is 2.05. The molecule has 0 amide bonds. The van der Waals surface area contributed by atoms with E-state index < -0.39 is 22.2 Å². The summed E-state index contributed by atoms with van der Waals surface area (Å²) in [5.41, 5.74) is 0.340. The SMILES string of the molecule is O=C([O-])C(O)c1ccccc1.O=S(=O)([O-])c1ccc2ccccc2c1. The summed E-state index contributed by atoms with van der Waals surface area (Å²) in [5, 5.41) is 20.7. The minimum atomic E-state index is -4.34. The molecule has 0 spiro atoms. The number of carboxylic acid groups (broad SMARTS) is 1. The minimum absolute atomic E-state index is 0.184. The quantitative estimate of drug-likeness (QED) is 0.703. The maximum atomic E-state index is 10.7. The van der Waals surface area contributed by atoms with Crippen LogP contribution >= 0.6 is 0 Å².